The Labute approximate surface area is 174 Å². The van der Waals surface area contributed by atoms with Gasteiger partial charge in [0, 0.05) is 30.8 Å². The predicted octanol–water partition coefficient (Wildman–Crippen LogP) is 5.88. The van der Waals surface area contributed by atoms with Gasteiger partial charge < -0.3 is 9.80 Å². The normalized spacial score (nSPS) is 18.2. The highest BCUT2D eigenvalue weighted by atomic mass is 16.2. The number of hydrogen-bond acceptors (Lipinski definition) is 2. The van der Waals surface area contributed by atoms with Gasteiger partial charge in [0.25, 0.3) is 0 Å². The Morgan fingerprint density at radius 2 is 1.69 bits per heavy atom. The molecule has 2 aromatic rings. The Hall–Kier alpha value is -2.62. The molecule has 2 amide bonds. The molecule has 0 saturated carbocycles. The van der Waals surface area contributed by atoms with E-state index in [0.717, 1.165) is 36.2 Å². The highest BCUT2D eigenvalue weighted by Gasteiger charge is 2.37. The molecule has 1 aliphatic rings. The molecule has 154 valence electrons. The molecule has 0 bridgehead atoms. The summed E-state index contributed by atoms with van der Waals surface area (Å²) in [6, 6.07) is 17.8. The molecule has 4 heteroatoms. The summed E-state index contributed by atoms with van der Waals surface area (Å²) in [6.45, 7) is 5.89. The molecule has 4 nitrogen and oxygen atoms in total. The van der Waals surface area contributed by atoms with Crippen LogP contribution in [-0.4, -0.2) is 17.9 Å². The maximum atomic E-state index is 13.1. The average Bonchev–Trinajstić information content (AvgIpc) is 2.72. The van der Waals surface area contributed by atoms with Crippen LogP contribution >= 0.6 is 0 Å². The van der Waals surface area contributed by atoms with Gasteiger partial charge >= 0.3 is 0 Å². The molecule has 1 heterocycles. The van der Waals surface area contributed by atoms with Crippen LogP contribution in [0.2, 0.25) is 0 Å². The van der Waals surface area contributed by atoms with Crippen molar-refractivity contribution < 1.29 is 9.59 Å². The smallest absolute Gasteiger partial charge is 0.227 e. The zero-order valence-electron chi connectivity index (χ0n) is 17.8. The van der Waals surface area contributed by atoms with Crippen molar-refractivity contribution in [1.29, 1.82) is 0 Å². The van der Waals surface area contributed by atoms with Crippen LogP contribution in [0, 0.1) is 0 Å². The summed E-state index contributed by atoms with van der Waals surface area (Å²) >= 11 is 0. The highest BCUT2D eigenvalue weighted by Crippen LogP contribution is 2.42. The summed E-state index contributed by atoms with van der Waals surface area (Å²) in [6.07, 6.45) is 5.68. The van der Waals surface area contributed by atoms with Crippen LogP contribution < -0.4 is 9.80 Å². The van der Waals surface area contributed by atoms with Crippen molar-refractivity contribution in [1.82, 2.24) is 0 Å². The van der Waals surface area contributed by atoms with Crippen LogP contribution in [0.4, 0.5) is 11.4 Å². The molecule has 0 unspecified atom stereocenters. The summed E-state index contributed by atoms with van der Waals surface area (Å²) in [7, 11) is 0. The number of para-hydroxylation sites is 2. The first-order valence-electron chi connectivity index (χ1n) is 10.8. The van der Waals surface area contributed by atoms with Gasteiger partial charge in [-0.05, 0) is 43.5 Å². The van der Waals surface area contributed by atoms with Gasteiger partial charge in [-0.15, -0.1) is 0 Å². The molecular formula is C25H32N2O2. The third kappa shape index (κ3) is 4.69. The number of hydrogen-bond donors (Lipinski definition) is 0. The third-order valence-electron chi connectivity index (χ3n) is 5.76. The lowest BCUT2D eigenvalue weighted by molar-refractivity contribution is -0.119. The Morgan fingerprint density at radius 3 is 2.38 bits per heavy atom. The van der Waals surface area contributed by atoms with Crippen molar-refractivity contribution >= 4 is 23.2 Å². The fraction of sp³-hybridized carbons (Fsp3) is 0.440. The largest absolute Gasteiger partial charge is 0.309 e. The monoisotopic (exact) mass is 392 g/mol. The van der Waals surface area contributed by atoms with Crippen molar-refractivity contribution in [3.8, 4) is 0 Å². The van der Waals surface area contributed by atoms with Crippen molar-refractivity contribution in [2.24, 2.45) is 0 Å². The molecule has 29 heavy (non-hydrogen) atoms. The van der Waals surface area contributed by atoms with E-state index in [2.05, 4.69) is 19.9 Å². The van der Waals surface area contributed by atoms with Crippen LogP contribution in [-0.2, 0) is 9.59 Å². The van der Waals surface area contributed by atoms with Crippen LogP contribution in [0.25, 0.3) is 0 Å². The summed E-state index contributed by atoms with van der Waals surface area (Å²) < 4.78 is 0. The Bertz CT molecular complexity index is 834. The van der Waals surface area contributed by atoms with Gasteiger partial charge in [0.1, 0.15) is 0 Å². The van der Waals surface area contributed by atoms with Gasteiger partial charge in [0.2, 0.25) is 11.8 Å². The molecule has 2 atom stereocenters. The lowest BCUT2D eigenvalue weighted by Crippen LogP contribution is -2.47. The van der Waals surface area contributed by atoms with Crippen molar-refractivity contribution in [3.05, 3.63) is 60.2 Å². The Kier molecular flexibility index (Phi) is 7.08. The number of amides is 2. The van der Waals surface area contributed by atoms with E-state index < -0.39 is 0 Å². The van der Waals surface area contributed by atoms with E-state index in [1.807, 2.05) is 58.3 Å². The number of carbonyl (C=O) groups excluding carboxylic acids is 2. The van der Waals surface area contributed by atoms with Gasteiger partial charge in [-0.1, -0.05) is 62.6 Å². The molecule has 2 aromatic carbocycles. The standard InChI is InChI=1S/C25H32N2O2/c1-4-5-6-10-17-25(29)26-19(2)18-24(22-15-11-12-16-23(22)26)27(20(3)28)21-13-8-7-9-14-21/h7-9,11-16,19,24H,4-6,10,17-18H2,1-3H3/t19-,24+/m0/s1. The maximum Gasteiger partial charge on any atom is 0.227 e. The topological polar surface area (TPSA) is 40.6 Å². The number of unbranched alkanes of at least 4 members (excludes halogenated alkanes) is 3. The van der Waals surface area contributed by atoms with Crippen LogP contribution in [0.3, 0.4) is 0 Å². The SMILES string of the molecule is CCCCCCC(=O)N1c2ccccc2[C@H](N(C(C)=O)c2ccccc2)C[C@@H]1C. The van der Waals surface area contributed by atoms with E-state index in [4.69, 9.17) is 0 Å². The molecule has 0 fully saturated rings. The summed E-state index contributed by atoms with van der Waals surface area (Å²) in [5.41, 5.74) is 2.89. The second-order valence-corrected chi connectivity index (χ2v) is 7.96. The minimum absolute atomic E-state index is 0.0162. The fourth-order valence-corrected chi connectivity index (χ4v) is 4.40. The summed E-state index contributed by atoms with van der Waals surface area (Å²) in [5, 5.41) is 0. The van der Waals surface area contributed by atoms with E-state index in [1.54, 1.807) is 6.92 Å². The van der Waals surface area contributed by atoms with Gasteiger partial charge in [0.15, 0.2) is 0 Å². The van der Waals surface area contributed by atoms with Crippen LogP contribution in [0.15, 0.2) is 54.6 Å². The quantitative estimate of drug-likeness (QED) is 0.552. The first-order chi connectivity index (χ1) is 14.0. The highest BCUT2D eigenvalue weighted by molar-refractivity contribution is 5.97. The summed E-state index contributed by atoms with van der Waals surface area (Å²) in [5.74, 6) is 0.205. The first kappa shape index (κ1) is 21.1. The van der Waals surface area contributed by atoms with Crippen molar-refractivity contribution in [2.75, 3.05) is 9.80 Å². The molecular weight excluding hydrogens is 360 g/mol. The molecule has 3 rings (SSSR count). The van der Waals surface area contributed by atoms with E-state index in [1.165, 1.54) is 12.8 Å². The predicted molar refractivity (Wildman–Crippen MR) is 119 cm³/mol. The number of benzene rings is 2. The van der Waals surface area contributed by atoms with Gasteiger partial charge in [-0.2, -0.15) is 0 Å². The molecule has 1 aliphatic heterocycles. The maximum absolute atomic E-state index is 13.1. The number of fused-ring (bicyclic) bond motifs is 1. The van der Waals surface area contributed by atoms with Crippen molar-refractivity contribution in [2.45, 2.75) is 71.4 Å². The summed E-state index contributed by atoms with van der Waals surface area (Å²) in [4.78, 5) is 29.5. The average molecular weight is 393 g/mol. The second kappa shape index (κ2) is 9.73. The van der Waals surface area contributed by atoms with Gasteiger partial charge in [0.05, 0.1) is 6.04 Å². The minimum atomic E-state index is -0.0785. The molecule has 0 saturated heterocycles. The van der Waals surface area contributed by atoms with Crippen LogP contribution in [0.5, 0.6) is 0 Å². The number of rotatable bonds is 7. The first-order valence-corrected chi connectivity index (χ1v) is 10.8. The lowest BCUT2D eigenvalue weighted by Gasteiger charge is -2.43. The van der Waals surface area contributed by atoms with Gasteiger partial charge in [-0.3, -0.25) is 9.59 Å². The number of carbonyl (C=O) groups is 2. The van der Waals surface area contributed by atoms with E-state index in [-0.39, 0.29) is 23.9 Å². The molecule has 0 aromatic heterocycles. The van der Waals surface area contributed by atoms with E-state index >= 15 is 0 Å². The van der Waals surface area contributed by atoms with E-state index in [9.17, 15) is 9.59 Å². The van der Waals surface area contributed by atoms with Crippen molar-refractivity contribution in [3.63, 3.8) is 0 Å². The molecule has 0 N–H and O–H groups in total. The number of anilines is 2. The van der Waals surface area contributed by atoms with E-state index in [0.29, 0.717) is 6.42 Å². The minimum Gasteiger partial charge on any atom is -0.309 e. The lowest BCUT2D eigenvalue weighted by atomic mass is 9.89. The molecule has 0 radical (unpaired) electrons. The fourth-order valence-electron chi connectivity index (χ4n) is 4.40. The Balaban J connectivity index is 1.92. The third-order valence-corrected chi connectivity index (χ3v) is 5.76. The zero-order valence-corrected chi connectivity index (χ0v) is 17.8. The molecule has 0 spiro atoms. The van der Waals surface area contributed by atoms with Gasteiger partial charge in [-0.25, -0.2) is 0 Å². The number of nitrogens with zero attached hydrogens (tertiary/aromatic N) is 2. The second-order valence-electron chi connectivity index (χ2n) is 7.96. The van der Waals surface area contributed by atoms with Crippen LogP contribution in [0.1, 0.15) is 70.9 Å². The molecule has 0 aliphatic carbocycles. The zero-order chi connectivity index (χ0) is 20.8. The Morgan fingerprint density at radius 1 is 1.00 bits per heavy atom.